The number of rotatable bonds is 3. The molecule has 0 radical (unpaired) electrons. The molecule has 5 nitrogen and oxygen atoms in total. The van der Waals surface area contributed by atoms with Crippen molar-refractivity contribution in [3.05, 3.63) is 34.9 Å². The Morgan fingerprint density at radius 1 is 1.38 bits per heavy atom. The highest BCUT2D eigenvalue weighted by Gasteiger charge is 2.34. The molecule has 1 heterocycles. The van der Waals surface area contributed by atoms with Gasteiger partial charge >= 0.3 is 12.0 Å². The third-order valence-electron chi connectivity index (χ3n) is 3.77. The minimum atomic E-state index is -0.941. The van der Waals surface area contributed by atoms with Crippen LogP contribution in [0, 0.1) is 5.92 Å². The quantitative estimate of drug-likeness (QED) is 0.902. The van der Waals surface area contributed by atoms with E-state index in [1.807, 2.05) is 19.1 Å². The second-order valence-electron chi connectivity index (χ2n) is 5.46. The van der Waals surface area contributed by atoms with Gasteiger partial charge in [-0.15, -0.1) is 0 Å². The molecule has 2 amide bonds. The Morgan fingerprint density at radius 2 is 2.05 bits per heavy atom. The minimum absolute atomic E-state index is 0.325. The van der Waals surface area contributed by atoms with E-state index >= 15 is 0 Å². The number of carbonyl (C=O) groups excluding carboxylic acids is 1. The molecule has 21 heavy (non-hydrogen) atoms. The summed E-state index contributed by atoms with van der Waals surface area (Å²) < 4.78 is 0. The lowest BCUT2D eigenvalue weighted by Gasteiger charge is -2.35. The second-order valence-corrected chi connectivity index (χ2v) is 5.90. The number of nitrogens with zero attached hydrogens (tertiary/aromatic N) is 1. The lowest BCUT2D eigenvalue weighted by molar-refractivity contribution is -0.143. The maximum atomic E-state index is 12.2. The van der Waals surface area contributed by atoms with Crippen LogP contribution in [-0.4, -0.2) is 34.6 Å². The molecule has 1 aromatic rings. The number of nitrogens with one attached hydrogen (secondary N) is 1. The topological polar surface area (TPSA) is 69.6 Å². The fourth-order valence-corrected chi connectivity index (χ4v) is 2.63. The Bertz CT molecular complexity index is 518. The second kappa shape index (κ2) is 6.80. The van der Waals surface area contributed by atoms with E-state index in [1.54, 1.807) is 12.1 Å². The number of halogens is 1. The fraction of sp³-hybridized carbons (Fsp3) is 0.467. The van der Waals surface area contributed by atoms with Crippen LogP contribution in [-0.2, 0) is 11.3 Å². The Kier molecular flexibility index (Phi) is 5.07. The smallest absolute Gasteiger partial charge is 0.326 e. The average molecular weight is 311 g/mol. The van der Waals surface area contributed by atoms with Crippen LogP contribution in [0.15, 0.2) is 24.3 Å². The third kappa shape index (κ3) is 4.11. The van der Waals surface area contributed by atoms with Crippen molar-refractivity contribution in [3.8, 4) is 0 Å². The molecule has 6 heteroatoms. The molecule has 0 bridgehead atoms. The highest BCUT2D eigenvalue weighted by atomic mass is 35.5. The van der Waals surface area contributed by atoms with Gasteiger partial charge in [-0.2, -0.15) is 0 Å². The first-order valence-corrected chi connectivity index (χ1v) is 7.37. The van der Waals surface area contributed by atoms with E-state index in [2.05, 4.69) is 5.32 Å². The number of aliphatic carboxylic acids is 1. The largest absolute Gasteiger partial charge is 0.480 e. The molecule has 0 saturated carbocycles. The normalized spacial score (nSPS) is 21.9. The van der Waals surface area contributed by atoms with Gasteiger partial charge in [-0.1, -0.05) is 30.7 Å². The summed E-state index contributed by atoms with van der Waals surface area (Å²) in [6.07, 6.45) is 1.34. The van der Waals surface area contributed by atoms with Crippen LogP contribution in [0.4, 0.5) is 4.79 Å². The van der Waals surface area contributed by atoms with E-state index < -0.39 is 12.0 Å². The van der Waals surface area contributed by atoms with Gasteiger partial charge in [0.05, 0.1) is 0 Å². The fourth-order valence-electron chi connectivity index (χ4n) is 2.50. The lowest BCUT2D eigenvalue weighted by atomic mass is 9.93. The summed E-state index contributed by atoms with van der Waals surface area (Å²) in [5, 5.41) is 12.7. The van der Waals surface area contributed by atoms with Crippen molar-refractivity contribution < 1.29 is 14.7 Å². The van der Waals surface area contributed by atoms with Crippen molar-refractivity contribution in [1.82, 2.24) is 10.2 Å². The molecule has 1 aromatic carbocycles. The predicted octanol–water partition coefficient (Wildman–Crippen LogP) is 2.73. The van der Waals surface area contributed by atoms with Crippen LogP contribution in [0.1, 0.15) is 25.3 Å². The number of carbonyl (C=O) groups is 2. The van der Waals surface area contributed by atoms with Gasteiger partial charge in [0.2, 0.25) is 0 Å². The Labute approximate surface area is 128 Å². The van der Waals surface area contributed by atoms with E-state index in [1.165, 1.54) is 4.90 Å². The van der Waals surface area contributed by atoms with E-state index in [-0.39, 0.29) is 6.03 Å². The summed E-state index contributed by atoms with van der Waals surface area (Å²) in [6.45, 7) is 2.85. The molecule has 2 rings (SSSR count). The molecule has 0 aliphatic carbocycles. The van der Waals surface area contributed by atoms with Gasteiger partial charge in [-0.3, -0.25) is 0 Å². The monoisotopic (exact) mass is 310 g/mol. The molecule has 2 unspecified atom stereocenters. The number of likely N-dealkylation sites (tertiary alicyclic amines) is 1. The van der Waals surface area contributed by atoms with Crippen LogP contribution in [0.5, 0.6) is 0 Å². The molecule has 0 aromatic heterocycles. The predicted molar refractivity (Wildman–Crippen MR) is 80.2 cm³/mol. The van der Waals surface area contributed by atoms with Crippen LogP contribution < -0.4 is 5.32 Å². The number of carboxylic acid groups (broad SMARTS) is 1. The zero-order chi connectivity index (χ0) is 15.4. The standard InChI is InChI=1S/C15H19ClN2O3/c1-10-6-7-18(13(8-10)14(19)20)15(21)17-9-11-2-4-12(16)5-3-11/h2-5,10,13H,6-9H2,1H3,(H,17,21)(H,19,20). The van der Waals surface area contributed by atoms with Gasteiger partial charge in [-0.25, -0.2) is 9.59 Å². The van der Waals surface area contributed by atoms with E-state index in [9.17, 15) is 14.7 Å². The number of carboxylic acids is 1. The summed E-state index contributed by atoms with van der Waals surface area (Å²) in [5.74, 6) is -0.616. The number of hydrogen-bond donors (Lipinski definition) is 2. The molecule has 1 saturated heterocycles. The molecular formula is C15H19ClN2O3. The molecular weight excluding hydrogens is 292 g/mol. The molecule has 2 N–H and O–H groups in total. The zero-order valence-corrected chi connectivity index (χ0v) is 12.6. The molecule has 1 fully saturated rings. The minimum Gasteiger partial charge on any atom is -0.480 e. The van der Waals surface area contributed by atoms with Gasteiger partial charge in [0, 0.05) is 18.1 Å². The molecule has 0 spiro atoms. The number of benzene rings is 1. The summed E-state index contributed by atoms with van der Waals surface area (Å²) in [5.41, 5.74) is 0.921. The summed E-state index contributed by atoms with van der Waals surface area (Å²) in [7, 11) is 0. The molecule has 2 atom stereocenters. The van der Waals surface area contributed by atoms with Crippen LogP contribution in [0.3, 0.4) is 0 Å². The first kappa shape index (κ1) is 15.6. The van der Waals surface area contributed by atoms with Crippen molar-refractivity contribution >= 4 is 23.6 Å². The summed E-state index contributed by atoms with van der Waals surface area (Å²) in [4.78, 5) is 24.9. The number of piperidine rings is 1. The Balaban J connectivity index is 1.95. The molecule has 114 valence electrons. The number of amides is 2. The van der Waals surface area contributed by atoms with E-state index in [0.717, 1.165) is 12.0 Å². The van der Waals surface area contributed by atoms with Crippen molar-refractivity contribution in [3.63, 3.8) is 0 Å². The maximum Gasteiger partial charge on any atom is 0.326 e. The third-order valence-corrected chi connectivity index (χ3v) is 4.02. The molecule has 1 aliphatic rings. The summed E-state index contributed by atoms with van der Waals surface area (Å²) >= 11 is 5.80. The van der Waals surface area contributed by atoms with Gasteiger partial charge in [0.1, 0.15) is 6.04 Å². The highest BCUT2D eigenvalue weighted by molar-refractivity contribution is 6.30. The maximum absolute atomic E-state index is 12.2. The summed E-state index contributed by atoms with van der Waals surface area (Å²) in [6, 6.07) is 6.10. The molecule has 1 aliphatic heterocycles. The average Bonchev–Trinajstić information content (AvgIpc) is 2.46. The van der Waals surface area contributed by atoms with Crippen molar-refractivity contribution in [2.75, 3.05) is 6.54 Å². The van der Waals surface area contributed by atoms with Gasteiger partial charge < -0.3 is 15.3 Å². The lowest BCUT2D eigenvalue weighted by Crippen LogP contribution is -2.53. The Morgan fingerprint density at radius 3 is 2.67 bits per heavy atom. The van der Waals surface area contributed by atoms with Crippen molar-refractivity contribution in [2.45, 2.75) is 32.4 Å². The number of hydrogen-bond acceptors (Lipinski definition) is 2. The van der Waals surface area contributed by atoms with E-state index in [0.29, 0.717) is 30.5 Å². The zero-order valence-electron chi connectivity index (χ0n) is 11.9. The van der Waals surface area contributed by atoms with Crippen LogP contribution in [0.25, 0.3) is 0 Å². The number of urea groups is 1. The van der Waals surface area contributed by atoms with Crippen molar-refractivity contribution in [1.29, 1.82) is 0 Å². The van der Waals surface area contributed by atoms with Gasteiger partial charge in [0.25, 0.3) is 0 Å². The van der Waals surface area contributed by atoms with Gasteiger partial charge in [-0.05, 0) is 36.5 Å². The van der Waals surface area contributed by atoms with Crippen LogP contribution >= 0.6 is 11.6 Å². The Hall–Kier alpha value is -1.75. The van der Waals surface area contributed by atoms with Gasteiger partial charge in [0.15, 0.2) is 0 Å². The van der Waals surface area contributed by atoms with Crippen molar-refractivity contribution in [2.24, 2.45) is 5.92 Å². The first-order chi connectivity index (χ1) is 9.97. The van der Waals surface area contributed by atoms with E-state index in [4.69, 9.17) is 11.6 Å². The first-order valence-electron chi connectivity index (χ1n) is 6.99. The van der Waals surface area contributed by atoms with Crippen LogP contribution in [0.2, 0.25) is 5.02 Å². The highest BCUT2D eigenvalue weighted by Crippen LogP contribution is 2.22. The SMILES string of the molecule is CC1CCN(C(=O)NCc2ccc(Cl)cc2)C(C(=O)O)C1.